The van der Waals surface area contributed by atoms with Crippen LogP contribution >= 0.6 is 0 Å². The van der Waals surface area contributed by atoms with E-state index in [1.165, 1.54) is 216 Å². The fraction of sp³-hybridized carbons (Fsp3) is 0.688. The van der Waals surface area contributed by atoms with Crippen molar-refractivity contribution in [1.82, 2.24) is 0 Å². The van der Waals surface area contributed by atoms with Crippen LogP contribution in [0.25, 0.3) is 21.5 Å². The summed E-state index contributed by atoms with van der Waals surface area (Å²) in [7, 11) is -9.02. The van der Waals surface area contributed by atoms with Crippen molar-refractivity contribution in [1.29, 1.82) is 0 Å². The molecule has 408 valence electrons. The first-order chi connectivity index (χ1) is 35.0. The van der Waals surface area contributed by atoms with Crippen LogP contribution in [0.15, 0.2) is 70.5 Å². The van der Waals surface area contributed by atoms with Crippen molar-refractivity contribution >= 4 is 79.5 Å². The van der Waals surface area contributed by atoms with Crippen molar-refractivity contribution in [2.24, 2.45) is 0 Å². The molecule has 0 radical (unpaired) electrons. The summed E-state index contributed by atoms with van der Waals surface area (Å²) in [4.78, 5) is -0.0836. The first-order valence-electron chi connectivity index (χ1n) is 30.0. The van der Waals surface area contributed by atoms with Gasteiger partial charge in [-0.05, 0) is 96.5 Å². The summed E-state index contributed by atoms with van der Waals surface area (Å²) in [5.74, 6) is 0. The Balaban J connectivity index is 0.000000493. The molecule has 4 rings (SSSR count). The minimum atomic E-state index is -4.51. The third kappa shape index (κ3) is 28.1. The third-order valence-electron chi connectivity index (χ3n) is 15.1. The van der Waals surface area contributed by atoms with Crippen LogP contribution in [-0.4, -0.2) is 63.7 Å². The van der Waals surface area contributed by atoms with Crippen LogP contribution in [0.3, 0.4) is 0 Å². The maximum atomic E-state index is 12.1. The molecule has 6 nitrogen and oxygen atoms in total. The summed E-state index contributed by atoms with van der Waals surface area (Å²) in [6.07, 6.45) is 49.6. The summed E-state index contributed by atoms with van der Waals surface area (Å²) in [5, 5.41) is 3.10. The van der Waals surface area contributed by atoms with Crippen molar-refractivity contribution in [2.75, 3.05) is 0 Å². The van der Waals surface area contributed by atoms with E-state index < -0.39 is 20.2 Å². The van der Waals surface area contributed by atoms with Gasteiger partial charge >= 0.3 is 37.7 Å². The molecule has 0 atom stereocenters. The van der Waals surface area contributed by atoms with Crippen LogP contribution in [0.4, 0.5) is 0 Å². The van der Waals surface area contributed by atoms with Crippen LogP contribution in [0.2, 0.25) is 0 Å². The van der Waals surface area contributed by atoms with Crippen molar-refractivity contribution in [3.63, 3.8) is 0 Å². The maximum Gasteiger partial charge on any atom is 2.00 e. The molecule has 73 heavy (non-hydrogen) atoms. The molecule has 0 heterocycles. The van der Waals surface area contributed by atoms with E-state index >= 15 is 0 Å². The molecule has 0 saturated carbocycles. The van der Waals surface area contributed by atoms with Gasteiger partial charge in [-0.2, -0.15) is 0 Å². The van der Waals surface area contributed by atoms with Gasteiger partial charge in [0.2, 0.25) is 0 Å². The molecule has 0 saturated heterocycles. The van der Waals surface area contributed by atoms with E-state index in [0.29, 0.717) is 10.8 Å². The van der Waals surface area contributed by atoms with Crippen molar-refractivity contribution in [3.05, 3.63) is 82.9 Å². The van der Waals surface area contributed by atoms with Gasteiger partial charge in [0.05, 0.1) is 9.79 Å². The molecule has 0 aromatic heterocycles. The van der Waals surface area contributed by atoms with E-state index in [4.69, 9.17) is 0 Å². The fourth-order valence-electron chi connectivity index (χ4n) is 10.9. The van der Waals surface area contributed by atoms with Crippen molar-refractivity contribution in [2.45, 2.75) is 294 Å². The smallest absolute Gasteiger partial charge is 0.744 e. The zero-order chi connectivity index (χ0) is 52.1. The van der Waals surface area contributed by atoms with E-state index in [1.54, 1.807) is 12.1 Å². The predicted molar refractivity (Wildman–Crippen MR) is 313 cm³/mol. The molecule has 0 unspecified atom stereocenters. The van der Waals surface area contributed by atoms with E-state index in [9.17, 15) is 25.9 Å². The Morgan fingerprint density at radius 2 is 0.534 bits per heavy atom. The zero-order valence-corrected chi connectivity index (χ0v) is 50.9. The van der Waals surface area contributed by atoms with E-state index in [1.807, 2.05) is 24.3 Å². The van der Waals surface area contributed by atoms with E-state index in [0.717, 1.165) is 86.1 Å². The number of hydrogen-bond donors (Lipinski definition) is 0. The van der Waals surface area contributed by atoms with Gasteiger partial charge in [-0.15, -0.1) is 0 Å². The Morgan fingerprint density at radius 3 is 0.781 bits per heavy atom. The van der Waals surface area contributed by atoms with Crippen LogP contribution in [0.1, 0.15) is 281 Å². The van der Waals surface area contributed by atoms with Gasteiger partial charge in [0.15, 0.2) is 0 Å². The number of benzene rings is 4. The molecule has 0 amide bonds. The molecule has 0 fully saturated rings. The van der Waals surface area contributed by atoms with Gasteiger partial charge in [-0.3, -0.25) is 0 Å². The molecule has 4 aromatic carbocycles. The van der Waals surface area contributed by atoms with Gasteiger partial charge in [-0.1, -0.05) is 282 Å². The second-order valence-electron chi connectivity index (χ2n) is 21.3. The maximum absolute atomic E-state index is 12.1. The average Bonchev–Trinajstić information content (AvgIpc) is 3.36. The van der Waals surface area contributed by atoms with Crippen LogP contribution in [0.5, 0.6) is 0 Å². The number of rotatable bonds is 42. The van der Waals surface area contributed by atoms with Gasteiger partial charge in [0.1, 0.15) is 20.2 Å². The molecule has 0 spiro atoms. The molecule has 0 aliphatic carbocycles. The van der Waals surface area contributed by atoms with Gasteiger partial charge in [0.25, 0.3) is 0 Å². The van der Waals surface area contributed by atoms with E-state index in [2.05, 4.69) is 39.8 Å². The third-order valence-corrected chi connectivity index (χ3v) is 16.9. The topological polar surface area (TPSA) is 114 Å². The largest absolute Gasteiger partial charge is 2.00 e. The summed E-state index contributed by atoms with van der Waals surface area (Å²) in [5.41, 5.74) is 4.68. The minimum Gasteiger partial charge on any atom is -0.744 e. The van der Waals surface area contributed by atoms with Gasteiger partial charge in [-0.25, -0.2) is 16.8 Å². The molecular formula is C64H102CaO6S2. The number of hydrogen-bond acceptors (Lipinski definition) is 6. The molecule has 0 aliphatic rings. The Hall–Kier alpha value is -1.52. The monoisotopic (exact) mass is 1070 g/mol. The Kier molecular flexibility index (Phi) is 38.5. The quantitative estimate of drug-likeness (QED) is 0.0248. The minimum absolute atomic E-state index is 0. The molecule has 0 bridgehead atoms. The Labute approximate surface area is 478 Å². The van der Waals surface area contributed by atoms with Crippen LogP contribution < -0.4 is 0 Å². The Bertz CT molecular complexity index is 2100. The zero-order valence-electron chi connectivity index (χ0n) is 47.0. The van der Waals surface area contributed by atoms with Crippen molar-refractivity contribution < 1.29 is 25.9 Å². The number of aryl methyl sites for hydroxylation is 4. The van der Waals surface area contributed by atoms with Crippen LogP contribution in [0, 0.1) is 0 Å². The average molecular weight is 1070 g/mol. The first-order valence-corrected chi connectivity index (χ1v) is 32.8. The molecule has 9 heteroatoms. The number of unbranched alkanes of at least 4 members (excludes halogenated alkanes) is 32. The van der Waals surface area contributed by atoms with Gasteiger partial charge < -0.3 is 9.11 Å². The normalized spacial score (nSPS) is 11.8. The summed E-state index contributed by atoms with van der Waals surface area (Å²) in [6.45, 7) is 9.01. The molecule has 4 aromatic rings. The molecule has 0 N–H and O–H groups in total. The van der Waals surface area contributed by atoms with Crippen LogP contribution in [-0.2, 0) is 45.9 Å². The second-order valence-corrected chi connectivity index (χ2v) is 24.0. The summed E-state index contributed by atoms with van der Waals surface area (Å²) >= 11 is 0. The second kappa shape index (κ2) is 41.6. The Morgan fingerprint density at radius 1 is 0.301 bits per heavy atom. The summed E-state index contributed by atoms with van der Waals surface area (Å²) in [6, 6.07) is 18.6. The molecule has 0 aliphatic heterocycles. The van der Waals surface area contributed by atoms with Crippen molar-refractivity contribution in [3.8, 4) is 0 Å². The number of fused-ring (bicyclic) bond motifs is 2. The first kappa shape index (κ1) is 67.6. The SMILES string of the molecule is CCCCCCCCCCCc1ccc2cccc(S(=O)(=O)[O-])c2c1CCCCCCCCCCC.CCCCCCCCCCCc1ccc2cccc(S(=O)(=O)[O-])c2c1CCCCCCCCCCC.[Ca+2]. The fourth-order valence-corrected chi connectivity index (χ4v) is 12.3. The predicted octanol–water partition coefficient (Wildman–Crippen LogP) is 19.4. The standard InChI is InChI=1S/2C32H52O3S.Ca/c2*1-3-5-7-9-11-13-15-17-19-22-28-26-27-29-23-21-25-31(36(33,34)35)32(29)30(28)24-20-18-16-14-12-10-8-6-4-2;/h2*21,23,25-27H,3-20,22,24H2,1-2H3,(H,33,34,35);/q;;+2/p-2. The van der Waals surface area contributed by atoms with E-state index in [-0.39, 0.29) is 47.5 Å². The van der Waals surface area contributed by atoms with Gasteiger partial charge in [0, 0.05) is 10.8 Å². The molecular weight excluding hydrogens is 969 g/mol. The summed E-state index contributed by atoms with van der Waals surface area (Å²) < 4.78 is 72.6.